The molecule has 0 saturated carbocycles. The van der Waals surface area contributed by atoms with E-state index in [4.69, 9.17) is 11.6 Å². The van der Waals surface area contributed by atoms with Crippen LogP contribution in [0.2, 0.25) is 0 Å². The third kappa shape index (κ3) is 2.95. The summed E-state index contributed by atoms with van der Waals surface area (Å²) >= 11 is 7.12. The Morgan fingerprint density at radius 2 is 2.42 bits per heavy atom. The topological polar surface area (TPSA) is 37.8 Å². The minimum absolute atomic E-state index is 0.104. The van der Waals surface area contributed by atoms with Crippen molar-refractivity contribution in [2.75, 3.05) is 17.7 Å². The van der Waals surface area contributed by atoms with E-state index >= 15 is 0 Å². The fourth-order valence-electron chi connectivity index (χ4n) is 0.613. The highest BCUT2D eigenvalue weighted by Gasteiger charge is 2.16. The van der Waals surface area contributed by atoms with E-state index in [0.717, 1.165) is 11.7 Å². The first-order valence-electron chi connectivity index (χ1n) is 3.70. The molecule has 0 bridgehead atoms. The van der Waals surface area contributed by atoms with Gasteiger partial charge >= 0.3 is 0 Å². The molecule has 68 valence electrons. The fourth-order valence-corrected chi connectivity index (χ4v) is 1.13. The zero-order valence-electron chi connectivity index (χ0n) is 7.17. The average Bonchev–Trinajstić information content (AvgIpc) is 2.53. The molecule has 1 N–H and O–H groups in total. The normalized spacial score (nSPS) is 11.6. The highest BCUT2D eigenvalue weighted by Crippen LogP contribution is 2.18. The molecule has 0 amide bonds. The maximum atomic E-state index is 5.76. The van der Waals surface area contributed by atoms with E-state index in [2.05, 4.69) is 28.5 Å². The van der Waals surface area contributed by atoms with E-state index in [1.165, 1.54) is 11.5 Å². The van der Waals surface area contributed by atoms with Crippen LogP contribution in [0.25, 0.3) is 0 Å². The van der Waals surface area contributed by atoms with Gasteiger partial charge in [-0.2, -0.15) is 4.37 Å². The lowest BCUT2D eigenvalue weighted by Crippen LogP contribution is -2.24. The summed E-state index contributed by atoms with van der Waals surface area (Å²) in [7, 11) is 0. The third-order valence-corrected chi connectivity index (χ3v) is 2.79. The second-order valence-electron chi connectivity index (χ2n) is 3.40. The standard InChI is InChI=1S/C7H12ClN3S/c1-7(2,3-8)4-9-6-10-5-11-12-6/h5H,3-4H2,1-2H3,(H,9,10,11). The van der Waals surface area contributed by atoms with Crippen molar-refractivity contribution in [2.24, 2.45) is 5.41 Å². The summed E-state index contributed by atoms with van der Waals surface area (Å²) < 4.78 is 3.88. The molecular formula is C7H12ClN3S. The van der Waals surface area contributed by atoms with Gasteiger partial charge in [0.05, 0.1) is 0 Å². The Bertz CT molecular complexity index is 223. The van der Waals surface area contributed by atoms with E-state index in [1.807, 2.05) is 0 Å². The highest BCUT2D eigenvalue weighted by atomic mass is 35.5. The van der Waals surface area contributed by atoms with E-state index in [1.54, 1.807) is 6.33 Å². The Kier molecular flexibility index (Phi) is 3.29. The van der Waals surface area contributed by atoms with Crippen LogP contribution in [-0.2, 0) is 0 Å². The highest BCUT2D eigenvalue weighted by molar-refractivity contribution is 7.09. The average molecular weight is 206 g/mol. The Morgan fingerprint density at radius 3 is 2.92 bits per heavy atom. The molecule has 0 aliphatic carbocycles. The Labute approximate surface area is 81.3 Å². The van der Waals surface area contributed by atoms with E-state index < -0.39 is 0 Å². The number of anilines is 1. The first-order valence-corrected chi connectivity index (χ1v) is 5.01. The third-order valence-electron chi connectivity index (χ3n) is 1.44. The lowest BCUT2D eigenvalue weighted by Gasteiger charge is -2.20. The molecule has 0 spiro atoms. The van der Waals surface area contributed by atoms with Gasteiger partial charge in [0.25, 0.3) is 0 Å². The van der Waals surface area contributed by atoms with Crippen LogP contribution in [0.4, 0.5) is 5.13 Å². The molecule has 0 atom stereocenters. The molecule has 0 aliphatic heterocycles. The second kappa shape index (κ2) is 4.05. The first-order chi connectivity index (χ1) is 5.64. The number of rotatable bonds is 4. The van der Waals surface area contributed by atoms with E-state index in [-0.39, 0.29) is 5.41 Å². The maximum Gasteiger partial charge on any atom is 0.202 e. The van der Waals surface area contributed by atoms with Gasteiger partial charge in [0.1, 0.15) is 6.33 Å². The number of hydrogen-bond donors (Lipinski definition) is 1. The Balaban J connectivity index is 2.36. The van der Waals surface area contributed by atoms with Gasteiger partial charge in [-0.25, -0.2) is 4.98 Å². The molecule has 0 aromatic carbocycles. The second-order valence-corrected chi connectivity index (χ2v) is 4.45. The molecular weight excluding hydrogens is 194 g/mol. The molecule has 0 unspecified atom stereocenters. The molecule has 3 nitrogen and oxygen atoms in total. The molecule has 0 aliphatic rings. The lowest BCUT2D eigenvalue weighted by atomic mass is 9.97. The van der Waals surface area contributed by atoms with Crippen LogP contribution in [0.3, 0.4) is 0 Å². The summed E-state index contributed by atoms with van der Waals surface area (Å²) in [6, 6.07) is 0. The van der Waals surface area contributed by atoms with Gasteiger partial charge < -0.3 is 5.32 Å². The number of halogens is 1. The van der Waals surface area contributed by atoms with Crippen molar-refractivity contribution in [2.45, 2.75) is 13.8 Å². The molecule has 1 rings (SSSR count). The summed E-state index contributed by atoms with van der Waals surface area (Å²) in [4.78, 5) is 4.01. The van der Waals surface area contributed by atoms with Crippen LogP contribution in [0.15, 0.2) is 6.33 Å². The van der Waals surface area contributed by atoms with Crippen molar-refractivity contribution in [1.29, 1.82) is 0 Å². The number of hydrogen-bond acceptors (Lipinski definition) is 4. The fraction of sp³-hybridized carbons (Fsp3) is 0.714. The van der Waals surface area contributed by atoms with Crippen molar-refractivity contribution in [3.05, 3.63) is 6.33 Å². The predicted octanol–water partition coefficient (Wildman–Crippen LogP) is 2.21. The van der Waals surface area contributed by atoms with Gasteiger partial charge in [0.2, 0.25) is 5.13 Å². The summed E-state index contributed by atoms with van der Waals surface area (Å²) in [6.07, 6.45) is 1.54. The Morgan fingerprint density at radius 1 is 1.67 bits per heavy atom. The molecule has 1 aromatic heterocycles. The quantitative estimate of drug-likeness (QED) is 0.767. The number of nitrogens with one attached hydrogen (secondary N) is 1. The summed E-state index contributed by atoms with van der Waals surface area (Å²) in [5, 5.41) is 4.03. The van der Waals surface area contributed by atoms with E-state index in [0.29, 0.717) is 5.88 Å². The van der Waals surface area contributed by atoms with Crippen molar-refractivity contribution in [3.63, 3.8) is 0 Å². The molecule has 0 saturated heterocycles. The van der Waals surface area contributed by atoms with Crippen molar-refractivity contribution in [3.8, 4) is 0 Å². The summed E-state index contributed by atoms with van der Waals surface area (Å²) in [6.45, 7) is 5.04. The zero-order chi connectivity index (χ0) is 9.03. The summed E-state index contributed by atoms with van der Waals surface area (Å²) in [5.41, 5.74) is 0.104. The molecule has 1 aromatic rings. The van der Waals surface area contributed by atoms with Crippen molar-refractivity contribution in [1.82, 2.24) is 9.36 Å². The SMILES string of the molecule is CC(C)(CCl)CNc1ncns1. The monoisotopic (exact) mass is 205 g/mol. The van der Waals surface area contributed by atoms with Gasteiger partial charge in [-0.3, -0.25) is 0 Å². The van der Waals surface area contributed by atoms with Crippen LogP contribution >= 0.6 is 23.1 Å². The van der Waals surface area contributed by atoms with Gasteiger partial charge in [-0.05, 0) is 5.41 Å². The minimum Gasteiger partial charge on any atom is -0.360 e. The van der Waals surface area contributed by atoms with Crippen LogP contribution in [0, 0.1) is 5.41 Å². The molecule has 12 heavy (non-hydrogen) atoms. The van der Waals surface area contributed by atoms with Crippen molar-refractivity contribution < 1.29 is 0 Å². The Hall–Kier alpha value is -0.350. The zero-order valence-corrected chi connectivity index (χ0v) is 8.74. The summed E-state index contributed by atoms with van der Waals surface area (Å²) in [5.74, 6) is 0.638. The van der Waals surface area contributed by atoms with Gasteiger partial charge in [-0.15, -0.1) is 11.6 Å². The molecule has 0 radical (unpaired) electrons. The van der Waals surface area contributed by atoms with E-state index in [9.17, 15) is 0 Å². The smallest absolute Gasteiger partial charge is 0.202 e. The van der Waals surface area contributed by atoms with Gasteiger partial charge in [-0.1, -0.05) is 13.8 Å². The maximum absolute atomic E-state index is 5.76. The first kappa shape index (κ1) is 9.74. The van der Waals surface area contributed by atoms with Crippen LogP contribution in [0.5, 0.6) is 0 Å². The number of aromatic nitrogens is 2. The van der Waals surface area contributed by atoms with Crippen LogP contribution in [-0.4, -0.2) is 21.8 Å². The number of alkyl halides is 1. The van der Waals surface area contributed by atoms with Crippen molar-refractivity contribution >= 4 is 28.3 Å². The molecule has 0 fully saturated rings. The predicted molar refractivity (Wildman–Crippen MR) is 52.9 cm³/mol. The molecule has 5 heteroatoms. The van der Waals surface area contributed by atoms with Gasteiger partial charge in [0, 0.05) is 24.0 Å². The van der Waals surface area contributed by atoms with Gasteiger partial charge in [0.15, 0.2) is 0 Å². The largest absolute Gasteiger partial charge is 0.360 e. The molecule has 1 heterocycles. The minimum atomic E-state index is 0.104. The number of nitrogens with zero attached hydrogens (tertiary/aromatic N) is 2. The van der Waals surface area contributed by atoms with Crippen LogP contribution < -0.4 is 5.32 Å². The van der Waals surface area contributed by atoms with Crippen LogP contribution in [0.1, 0.15) is 13.8 Å². The lowest BCUT2D eigenvalue weighted by molar-refractivity contribution is 0.450.